The number of amides is 3. The lowest BCUT2D eigenvalue weighted by molar-refractivity contribution is -0.122. The van der Waals surface area contributed by atoms with E-state index in [0.717, 1.165) is 16.8 Å². The van der Waals surface area contributed by atoms with Crippen molar-refractivity contribution in [2.75, 3.05) is 50.2 Å². The van der Waals surface area contributed by atoms with Crippen molar-refractivity contribution in [1.82, 2.24) is 15.1 Å². The standard InChI is InChI=1S/C37H35ClFN9O6/c1-19-26(8-5-21(17-40)30(19)38)48-36(50)33-27(9-10-47(33)37(48)51)54-14-12-52-11-13-53-23-6-3-20(4-7-23)31-29(34(42-2)43-18-41)32-28-24(35(49)46-45-32)15-22(39)16-25(28)44-31/h3-8,15-16,18,27,29,31,33,44H,9-14H2,1-2H3,(H,46,49)(H2,41,42,43)/t27-,29-,31-,33+/m1/s1. The van der Waals surface area contributed by atoms with Gasteiger partial charge in [0.15, 0.2) is 0 Å². The van der Waals surface area contributed by atoms with Gasteiger partial charge in [0.05, 0.1) is 71.6 Å². The number of aromatic nitrogens is 2. The largest absolute Gasteiger partial charge is 0.491 e. The van der Waals surface area contributed by atoms with Crippen molar-refractivity contribution in [2.24, 2.45) is 15.7 Å². The number of aliphatic imine (C=N–C) groups is 2. The van der Waals surface area contributed by atoms with E-state index in [1.165, 1.54) is 23.1 Å². The van der Waals surface area contributed by atoms with E-state index in [0.29, 0.717) is 52.6 Å². The lowest BCUT2D eigenvalue weighted by Crippen LogP contribution is -2.38. The topological polar surface area (TPSA) is 201 Å². The molecule has 3 aromatic carbocycles. The molecule has 4 aromatic rings. The van der Waals surface area contributed by atoms with Crippen molar-refractivity contribution >= 4 is 57.9 Å². The number of halogens is 2. The third-order valence-corrected chi connectivity index (χ3v) is 10.3. The highest BCUT2D eigenvalue weighted by molar-refractivity contribution is 6.33. The Labute approximate surface area is 313 Å². The number of hydrogen-bond donors (Lipinski definition) is 3. The van der Waals surface area contributed by atoms with Crippen LogP contribution in [0, 0.1) is 24.1 Å². The minimum absolute atomic E-state index is 0.162. The number of carbonyl (C=O) groups excluding carboxylic acids is 2. The number of aromatic amines is 1. The lowest BCUT2D eigenvalue weighted by Gasteiger charge is -2.34. The van der Waals surface area contributed by atoms with Crippen LogP contribution in [-0.2, 0) is 14.3 Å². The number of benzene rings is 3. The molecule has 1 aromatic heterocycles. The molecule has 4 heterocycles. The second kappa shape index (κ2) is 15.2. The van der Waals surface area contributed by atoms with Gasteiger partial charge in [-0.1, -0.05) is 23.7 Å². The Morgan fingerprint density at radius 2 is 1.93 bits per heavy atom. The first-order valence-corrected chi connectivity index (χ1v) is 17.5. The third kappa shape index (κ3) is 6.50. The number of carbonyl (C=O) groups is 2. The molecule has 3 aliphatic heterocycles. The van der Waals surface area contributed by atoms with Crippen LogP contribution >= 0.6 is 11.6 Å². The second-order valence-electron chi connectivity index (χ2n) is 12.8. The number of ether oxygens (including phenoxy) is 3. The van der Waals surface area contributed by atoms with Gasteiger partial charge in [0.2, 0.25) is 0 Å². The number of hydrogen-bond acceptors (Lipinski definition) is 10. The molecule has 4 atom stereocenters. The number of nitrogens with two attached hydrogens (primary N) is 1. The highest BCUT2D eigenvalue weighted by Gasteiger charge is 2.53. The van der Waals surface area contributed by atoms with Gasteiger partial charge in [-0.3, -0.25) is 14.6 Å². The molecule has 278 valence electrons. The number of rotatable bonds is 11. The van der Waals surface area contributed by atoms with Crippen LogP contribution in [0.15, 0.2) is 63.3 Å². The number of fused-ring (bicyclic) bond motifs is 1. The maximum Gasteiger partial charge on any atom is 0.332 e. The van der Waals surface area contributed by atoms with E-state index in [2.05, 4.69) is 25.5 Å². The molecule has 0 aliphatic carbocycles. The van der Waals surface area contributed by atoms with Crippen molar-refractivity contribution in [2.45, 2.75) is 37.5 Å². The predicted octanol–water partition coefficient (Wildman–Crippen LogP) is 4.18. The summed E-state index contributed by atoms with van der Waals surface area (Å²) in [5.74, 6) is -0.574. The molecule has 0 bridgehead atoms. The SMILES string of the molecule is CN=C(N=CN)[C@H]1c2n[nH]c(=O)c3cc(F)cc(c23)N[C@@H]1c1ccc(OCCOCCO[C@@H]2CCN3C(=O)N(c4ccc(C#N)c(Cl)c4C)C(=O)[C@H]23)cc1. The summed E-state index contributed by atoms with van der Waals surface area (Å²) in [6.45, 7) is 3.02. The number of nitrogens with zero attached hydrogens (tertiary/aromatic N) is 6. The Morgan fingerprint density at radius 1 is 1.15 bits per heavy atom. The summed E-state index contributed by atoms with van der Waals surface area (Å²) in [5.41, 5.74) is 7.93. The smallest absolute Gasteiger partial charge is 0.332 e. The normalized spacial score (nSPS) is 20.8. The van der Waals surface area contributed by atoms with Crippen LogP contribution in [0.4, 0.5) is 20.6 Å². The van der Waals surface area contributed by atoms with Gasteiger partial charge in [0, 0.05) is 24.7 Å². The first-order chi connectivity index (χ1) is 26.2. The van der Waals surface area contributed by atoms with E-state index < -0.39 is 47.4 Å². The van der Waals surface area contributed by atoms with Crippen LogP contribution in [0.1, 0.15) is 40.8 Å². The quantitative estimate of drug-likeness (QED) is 0.0863. The van der Waals surface area contributed by atoms with Crippen LogP contribution in [0.3, 0.4) is 0 Å². The second-order valence-corrected chi connectivity index (χ2v) is 13.2. The monoisotopic (exact) mass is 755 g/mol. The van der Waals surface area contributed by atoms with Crippen LogP contribution in [0.5, 0.6) is 5.75 Å². The van der Waals surface area contributed by atoms with Crippen molar-refractivity contribution in [1.29, 1.82) is 5.26 Å². The molecule has 3 aliphatic rings. The zero-order valence-corrected chi connectivity index (χ0v) is 30.0. The summed E-state index contributed by atoms with van der Waals surface area (Å²) in [5, 5.41) is 20.3. The fraction of sp³-hybridized carbons (Fsp3) is 0.324. The van der Waals surface area contributed by atoms with Gasteiger partial charge in [-0.15, -0.1) is 0 Å². The molecule has 0 radical (unpaired) electrons. The van der Waals surface area contributed by atoms with Crippen molar-refractivity contribution in [3.05, 3.63) is 92.1 Å². The molecular formula is C37H35ClFN9O6. The Bertz CT molecular complexity index is 2290. The third-order valence-electron chi connectivity index (χ3n) is 9.80. The highest BCUT2D eigenvalue weighted by Crippen LogP contribution is 2.44. The molecule has 2 fully saturated rings. The summed E-state index contributed by atoms with van der Waals surface area (Å²) in [7, 11) is 1.58. The van der Waals surface area contributed by atoms with E-state index in [1.807, 2.05) is 18.2 Å². The zero-order valence-electron chi connectivity index (χ0n) is 29.2. The van der Waals surface area contributed by atoms with Crippen LogP contribution in [-0.4, -0.2) is 91.4 Å². The van der Waals surface area contributed by atoms with Gasteiger partial charge in [-0.05, 0) is 60.9 Å². The lowest BCUT2D eigenvalue weighted by atomic mass is 9.83. The molecule has 15 nitrogen and oxygen atoms in total. The molecule has 2 saturated heterocycles. The molecule has 0 spiro atoms. The maximum absolute atomic E-state index is 14.6. The number of H-pyrrole nitrogens is 1. The van der Waals surface area contributed by atoms with Gasteiger partial charge in [-0.2, -0.15) is 10.4 Å². The van der Waals surface area contributed by atoms with Gasteiger partial charge in [-0.25, -0.2) is 24.2 Å². The number of amidine groups is 1. The van der Waals surface area contributed by atoms with Gasteiger partial charge in [0.25, 0.3) is 11.5 Å². The fourth-order valence-corrected chi connectivity index (χ4v) is 7.52. The molecule has 0 saturated carbocycles. The molecule has 0 unspecified atom stereocenters. The van der Waals surface area contributed by atoms with Gasteiger partial charge < -0.3 is 30.2 Å². The Morgan fingerprint density at radius 3 is 2.67 bits per heavy atom. The van der Waals surface area contributed by atoms with Crippen LogP contribution in [0.25, 0.3) is 10.8 Å². The van der Waals surface area contributed by atoms with E-state index in [-0.39, 0.29) is 42.4 Å². The molecule has 4 N–H and O–H groups in total. The number of anilines is 2. The van der Waals surface area contributed by atoms with Crippen molar-refractivity contribution < 1.29 is 28.2 Å². The molecule has 7 rings (SSSR count). The Kier molecular flexibility index (Phi) is 10.3. The van der Waals surface area contributed by atoms with Gasteiger partial charge in [0.1, 0.15) is 36.1 Å². The number of urea groups is 1. The Hall–Kier alpha value is -5.89. The molecule has 54 heavy (non-hydrogen) atoms. The maximum atomic E-state index is 14.6. The van der Waals surface area contributed by atoms with E-state index in [4.69, 9.17) is 31.5 Å². The average Bonchev–Trinajstić information content (AvgIpc) is 3.70. The van der Waals surface area contributed by atoms with Crippen molar-refractivity contribution in [3.63, 3.8) is 0 Å². The minimum Gasteiger partial charge on any atom is -0.491 e. The predicted molar refractivity (Wildman–Crippen MR) is 199 cm³/mol. The number of nitriles is 1. The van der Waals surface area contributed by atoms with E-state index >= 15 is 0 Å². The van der Waals surface area contributed by atoms with E-state index in [9.17, 15) is 24.0 Å². The number of imide groups is 1. The van der Waals surface area contributed by atoms with Crippen molar-refractivity contribution in [3.8, 4) is 11.8 Å². The zero-order chi connectivity index (χ0) is 38.1. The minimum atomic E-state index is -0.754. The van der Waals surface area contributed by atoms with Crippen LogP contribution in [0.2, 0.25) is 5.02 Å². The summed E-state index contributed by atoms with van der Waals surface area (Å²) < 4.78 is 32.2. The highest BCUT2D eigenvalue weighted by atomic mass is 35.5. The molecular weight excluding hydrogens is 721 g/mol. The fourth-order valence-electron chi connectivity index (χ4n) is 7.31. The summed E-state index contributed by atoms with van der Waals surface area (Å²) >= 11 is 6.31. The summed E-state index contributed by atoms with van der Waals surface area (Å²) in [4.78, 5) is 50.4. The number of nitrogens with one attached hydrogen (secondary N) is 2. The summed E-state index contributed by atoms with van der Waals surface area (Å²) in [6.07, 6.45) is 1.16. The first-order valence-electron chi connectivity index (χ1n) is 17.1. The summed E-state index contributed by atoms with van der Waals surface area (Å²) in [6, 6.07) is 13.2. The Balaban J connectivity index is 0.922. The molecule has 17 heteroatoms. The van der Waals surface area contributed by atoms with Crippen LogP contribution < -0.4 is 26.2 Å². The molecule has 3 amide bonds. The van der Waals surface area contributed by atoms with Gasteiger partial charge >= 0.3 is 6.03 Å². The average molecular weight is 756 g/mol. The van der Waals surface area contributed by atoms with E-state index in [1.54, 1.807) is 32.2 Å². The first kappa shape index (κ1) is 36.5.